The lowest BCUT2D eigenvalue weighted by Crippen LogP contribution is -2.34. The summed E-state index contributed by atoms with van der Waals surface area (Å²) < 4.78 is 39.5. The van der Waals surface area contributed by atoms with Crippen LogP contribution in [-0.2, 0) is 10.0 Å². The first-order chi connectivity index (χ1) is 7.34. The van der Waals surface area contributed by atoms with Crippen LogP contribution in [0, 0.1) is 5.82 Å². The SMILES string of the molecule is CC1(NS(=O)(=O)c2cccc(F)c2N)CC1. The van der Waals surface area contributed by atoms with Crippen molar-refractivity contribution in [3.63, 3.8) is 0 Å². The van der Waals surface area contributed by atoms with Crippen LogP contribution in [0.5, 0.6) is 0 Å². The molecular weight excluding hydrogens is 231 g/mol. The van der Waals surface area contributed by atoms with E-state index in [-0.39, 0.29) is 10.6 Å². The number of benzene rings is 1. The van der Waals surface area contributed by atoms with Gasteiger partial charge in [-0.1, -0.05) is 6.07 Å². The van der Waals surface area contributed by atoms with E-state index in [1.54, 1.807) is 6.92 Å². The van der Waals surface area contributed by atoms with Crippen molar-refractivity contribution in [2.45, 2.75) is 30.2 Å². The van der Waals surface area contributed by atoms with E-state index in [2.05, 4.69) is 4.72 Å². The normalized spacial score (nSPS) is 18.4. The van der Waals surface area contributed by atoms with Crippen LogP contribution in [0.1, 0.15) is 19.8 Å². The average Bonchev–Trinajstić information content (AvgIpc) is 2.86. The van der Waals surface area contributed by atoms with E-state index >= 15 is 0 Å². The molecular formula is C10H13FN2O2S. The standard InChI is InChI=1S/C10H13FN2O2S/c1-10(5-6-10)13-16(14,15)8-4-2-3-7(11)9(8)12/h2-4,13H,5-6,12H2,1H3. The van der Waals surface area contributed by atoms with Gasteiger partial charge in [0.1, 0.15) is 10.7 Å². The minimum absolute atomic E-state index is 0.194. The van der Waals surface area contributed by atoms with Crippen LogP contribution in [0.2, 0.25) is 0 Å². The Morgan fingerprint density at radius 1 is 1.44 bits per heavy atom. The van der Waals surface area contributed by atoms with E-state index in [1.165, 1.54) is 12.1 Å². The number of hydrogen-bond donors (Lipinski definition) is 2. The lowest BCUT2D eigenvalue weighted by molar-refractivity contribution is 0.556. The first-order valence-electron chi connectivity index (χ1n) is 4.92. The number of para-hydroxylation sites is 1. The van der Waals surface area contributed by atoms with Gasteiger partial charge in [0.25, 0.3) is 0 Å². The molecule has 0 amide bonds. The van der Waals surface area contributed by atoms with Crippen LogP contribution >= 0.6 is 0 Å². The van der Waals surface area contributed by atoms with Gasteiger partial charge in [0.2, 0.25) is 10.0 Å². The number of nitrogens with one attached hydrogen (secondary N) is 1. The molecule has 0 saturated heterocycles. The molecule has 1 saturated carbocycles. The third-order valence-corrected chi connectivity index (χ3v) is 4.38. The minimum atomic E-state index is -3.72. The molecule has 0 heterocycles. The van der Waals surface area contributed by atoms with Gasteiger partial charge in [0.05, 0.1) is 5.69 Å². The first-order valence-corrected chi connectivity index (χ1v) is 6.40. The Hall–Kier alpha value is -1.14. The molecule has 0 radical (unpaired) electrons. The van der Waals surface area contributed by atoms with E-state index in [0.717, 1.165) is 18.9 Å². The van der Waals surface area contributed by atoms with Gasteiger partial charge in [-0.15, -0.1) is 0 Å². The zero-order chi connectivity index (χ0) is 12.0. The number of nitrogen functional groups attached to an aromatic ring is 1. The fourth-order valence-electron chi connectivity index (χ4n) is 1.42. The van der Waals surface area contributed by atoms with Crippen molar-refractivity contribution in [3.8, 4) is 0 Å². The number of nitrogens with two attached hydrogens (primary N) is 1. The lowest BCUT2D eigenvalue weighted by atomic mass is 10.3. The van der Waals surface area contributed by atoms with E-state index in [0.29, 0.717) is 0 Å². The van der Waals surface area contributed by atoms with Gasteiger partial charge in [0, 0.05) is 5.54 Å². The third-order valence-electron chi connectivity index (χ3n) is 2.68. The Bertz CT molecular complexity index is 524. The van der Waals surface area contributed by atoms with E-state index < -0.39 is 21.4 Å². The molecule has 0 unspecified atom stereocenters. The summed E-state index contributed by atoms with van der Waals surface area (Å²) in [5.41, 5.74) is 4.69. The zero-order valence-electron chi connectivity index (χ0n) is 8.83. The molecule has 1 aliphatic carbocycles. The van der Waals surface area contributed by atoms with Gasteiger partial charge in [-0.05, 0) is 31.9 Å². The average molecular weight is 244 g/mol. The maximum Gasteiger partial charge on any atom is 0.243 e. The summed E-state index contributed by atoms with van der Waals surface area (Å²) in [6.45, 7) is 1.81. The van der Waals surface area contributed by atoms with Gasteiger partial charge in [-0.3, -0.25) is 0 Å². The Labute approximate surface area is 93.7 Å². The fourth-order valence-corrected chi connectivity index (χ4v) is 3.03. The fraction of sp³-hybridized carbons (Fsp3) is 0.400. The number of hydrogen-bond acceptors (Lipinski definition) is 3. The van der Waals surface area contributed by atoms with Crippen LogP contribution < -0.4 is 10.5 Å². The summed E-state index contributed by atoms with van der Waals surface area (Å²) in [5, 5.41) is 0. The summed E-state index contributed by atoms with van der Waals surface area (Å²) in [7, 11) is -3.72. The van der Waals surface area contributed by atoms with E-state index in [1.807, 2.05) is 0 Å². The summed E-state index contributed by atoms with van der Waals surface area (Å²) in [4.78, 5) is -0.194. The third kappa shape index (κ3) is 2.03. The van der Waals surface area contributed by atoms with Gasteiger partial charge in [0.15, 0.2) is 0 Å². The highest BCUT2D eigenvalue weighted by molar-refractivity contribution is 7.89. The molecule has 16 heavy (non-hydrogen) atoms. The Morgan fingerprint density at radius 3 is 2.62 bits per heavy atom. The molecule has 4 nitrogen and oxygen atoms in total. The van der Waals surface area contributed by atoms with Crippen molar-refractivity contribution in [2.24, 2.45) is 0 Å². The predicted octanol–water partition coefficient (Wildman–Crippen LogP) is 1.24. The number of halogens is 1. The number of sulfonamides is 1. The molecule has 3 N–H and O–H groups in total. The number of anilines is 1. The second-order valence-corrected chi connectivity index (χ2v) is 5.97. The summed E-state index contributed by atoms with van der Waals surface area (Å²) >= 11 is 0. The molecule has 0 atom stereocenters. The summed E-state index contributed by atoms with van der Waals surface area (Å²) in [6, 6.07) is 3.76. The van der Waals surface area contributed by atoms with Crippen molar-refractivity contribution in [1.29, 1.82) is 0 Å². The van der Waals surface area contributed by atoms with Crippen LogP contribution in [0.3, 0.4) is 0 Å². The van der Waals surface area contributed by atoms with Crippen molar-refractivity contribution < 1.29 is 12.8 Å². The predicted molar refractivity (Wildman–Crippen MR) is 58.8 cm³/mol. The van der Waals surface area contributed by atoms with E-state index in [9.17, 15) is 12.8 Å². The van der Waals surface area contributed by atoms with Gasteiger partial charge >= 0.3 is 0 Å². The second-order valence-electron chi connectivity index (χ2n) is 4.32. The maximum absolute atomic E-state index is 13.1. The molecule has 6 heteroatoms. The van der Waals surface area contributed by atoms with E-state index in [4.69, 9.17) is 5.73 Å². The van der Waals surface area contributed by atoms with Crippen molar-refractivity contribution in [3.05, 3.63) is 24.0 Å². The molecule has 0 spiro atoms. The summed E-state index contributed by atoms with van der Waals surface area (Å²) in [5.74, 6) is -0.719. The van der Waals surface area contributed by atoms with Crippen molar-refractivity contribution in [2.75, 3.05) is 5.73 Å². The molecule has 88 valence electrons. The molecule has 0 aliphatic heterocycles. The smallest absolute Gasteiger partial charge is 0.243 e. The largest absolute Gasteiger partial charge is 0.395 e. The van der Waals surface area contributed by atoms with Crippen LogP contribution in [0.15, 0.2) is 23.1 Å². The van der Waals surface area contributed by atoms with Crippen LogP contribution in [-0.4, -0.2) is 14.0 Å². The topological polar surface area (TPSA) is 72.2 Å². The molecule has 0 bridgehead atoms. The lowest BCUT2D eigenvalue weighted by Gasteiger charge is -2.13. The Balaban J connectivity index is 2.39. The molecule has 1 aromatic rings. The highest BCUT2D eigenvalue weighted by atomic mass is 32.2. The van der Waals surface area contributed by atoms with Gasteiger partial charge in [-0.25, -0.2) is 17.5 Å². The van der Waals surface area contributed by atoms with Gasteiger partial charge < -0.3 is 5.73 Å². The Morgan fingerprint density at radius 2 is 2.06 bits per heavy atom. The van der Waals surface area contributed by atoms with Crippen LogP contribution in [0.25, 0.3) is 0 Å². The number of rotatable bonds is 3. The minimum Gasteiger partial charge on any atom is -0.395 e. The van der Waals surface area contributed by atoms with Crippen LogP contribution in [0.4, 0.5) is 10.1 Å². The van der Waals surface area contributed by atoms with Gasteiger partial charge in [-0.2, -0.15) is 0 Å². The molecule has 0 aromatic heterocycles. The molecule has 2 rings (SSSR count). The quantitative estimate of drug-likeness (QED) is 0.786. The maximum atomic E-state index is 13.1. The monoisotopic (exact) mass is 244 g/mol. The highest BCUT2D eigenvalue weighted by Crippen LogP contribution is 2.36. The van der Waals surface area contributed by atoms with Crippen molar-refractivity contribution >= 4 is 15.7 Å². The highest BCUT2D eigenvalue weighted by Gasteiger charge is 2.41. The summed E-state index contributed by atoms with van der Waals surface area (Å²) in [6.07, 6.45) is 1.59. The molecule has 1 aliphatic rings. The second kappa shape index (κ2) is 3.43. The molecule has 1 aromatic carbocycles. The zero-order valence-corrected chi connectivity index (χ0v) is 9.64. The molecule has 1 fully saturated rings. The Kier molecular flexibility index (Phi) is 2.43. The van der Waals surface area contributed by atoms with Crippen molar-refractivity contribution in [1.82, 2.24) is 4.72 Å². The first kappa shape index (κ1) is 11.3.